The van der Waals surface area contributed by atoms with Gasteiger partial charge in [0.25, 0.3) is 0 Å². The van der Waals surface area contributed by atoms with Crippen LogP contribution >= 0.6 is 0 Å². The van der Waals surface area contributed by atoms with Gasteiger partial charge in [0.2, 0.25) is 0 Å². The number of benzene rings is 8. The summed E-state index contributed by atoms with van der Waals surface area (Å²) in [6, 6.07) is 68.7. The Bertz CT molecular complexity index is 3170. The zero-order valence-electron chi connectivity index (χ0n) is 31.4. The highest BCUT2D eigenvalue weighted by atomic mass is 16.3. The van der Waals surface area contributed by atoms with Gasteiger partial charge in [-0.1, -0.05) is 165 Å². The number of para-hydroxylation sites is 2. The molecule has 0 saturated heterocycles. The molecule has 0 radical (unpaired) electrons. The van der Waals surface area contributed by atoms with Gasteiger partial charge < -0.3 is 8.98 Å². The molecule has 0 amide bonds. The van der Waals surface area contributed by atoms with Gasteiger partial charge in [-0.15, -0.1) is 0 Å². The van der Waals surface area contributed by atoms with E-state index in [2.05, 4.69) is 206 Å². The predicted octanol–water partition coefficient (Wildman–Crippen LogP) is 13.6. The fourth-order valence-corrected chi connectivity index (χ4v) is 8.72. The maximum absolute atomic E-state index is 6.84. The Hall–Kier alpha value is -7.30. The number of fused-ring (bicyclic) bond motifs is 6. The number of aliphatic imine (C=N–C) groups is 2. The minimum absolute atomic E-state index is 0.0248. The summed E-state index contributed by atoms with van der Waals surface area (Å²) in [5.74, 6) is 0.894. The molecule has 1 aliphatic heterocycles. The molecule has 0 N–H and O–H groups in total. The Balaban J connectivity index is 0.977. The SMILES string of the molecule is CC1C(c2ccccc2)=NC(c2ccc(-c3ccc4c(c3)oc3c(-n5c6ccccc6c6cc(-c7ccccc7)ccc65)cccc34)cc2)=NC1c1ccccc1. The second-order valence-electron chi connectivity index (χ2n) is 15.0. The molecule has 3 heterocycles. The van der Waals surface area contributed by atoms with Crippen molar-refractivity contribution >= 4 is 55.3 Å². The summed E-state index contributed by atoms with van der Waals surface area (Å²) in [6.45, 7) is 2.23. The van der Waals surface area contributed by atoms with E-state index in [0.29, 0.717) is 0 Å². The number of hydrogen-bond acceptors (Lipinski definition) is 3. The fraction of sp³-hybridized carbons (Fsp3) is 0.0566. The van der Waals surface area contributed by atoms with Gasteiger partial charge in [-0.05, 0) is 69.8 Å². The summed E-state index contributed by atoms with van der Waals surface area (Å²) in [5, 5.41) is 4.63. The zero-order valence-corrected chi connectivity index (χ0v) is 31.4. The molecule has 270 valence electrons. The molecule has 0 bridgehead atoms. The first kappa shape index (κ1) is 33.1. The summed E-state index contributed by atoms with van der Waals surface area (Å²) >= 11 is 0. The normalized spacial score (nSPS) is 15.7. The molecule has 57 heavy (non-hydrogen) atoms. The third-order valence-electron chi connectivity index (χ3n) is 11.6. The second-order valence-corrected chi connectivity index (χ2v) is 15.0. The highest BCUT2D eigenvalue weighted by molar-refractivity contribution is 6.16. The van der Waals surface area contributed by atoms with Crippen molar-refractivity contribution in [2.24, 2.45) is 15.9 Å². The van der Waals surface area contributed by atoms with Gasteiger partial charge in [0, 0.05) is 33.0 Å². The van der Waals surface area contributed by atoms with Crippen LogP contribution < -0.4 is 0 Å². The average Bonchev–Trinajstić information content (AvgIpc) is 3.82. The van der Waals surface area contributed by atoms with E-state index < -0.39 is 0 Å². The monoisotopic (exact) mass is 731 g/mol. The van der Waals surface area contributed by atoms with Gasteiger partial charge in [-0.25, -0.2) is 4.99 Å². The highest BCUT2D eigenvalue weighted by Crippen LogP contribution is 2.40. The van der Waals surface area contributed by atoms with Crippen molar-refractivity contribution in [3.8, 4) is 27.9 Å². The van der Waals surface area contributed by atoms with Crippen LogP contribution in [0, 0.1) is 5.92 Å². The number of amidine groups is 1. The van der Waals surface area contributed by atoms with Crippen molar-refractivity contribution in [1.29, 1.82) is 0 Å². The molecule has 10 aromatic rings. The third-order valence-corrected chi connectivity index (χ3v) is 11.6. The first-order valence-electron chi connectivity index (χ1n) is 19.6. The number of furan rings is 1. The van der Waals surface area contributed by atoms with Crippen molar-refractivity contribution < 1.29 is 4.42 Å². The molecule has 4 heteroatoms. The van der Waals surface area contributed by atoms with Crippen LogP contribution in [0.2, 0.25) is 0 Å². The van der Waals surface area contributed by atoms with Gasteiger partial charge in [-0.2, -0.15) is 0 Å². The third kappa shape index (κ3) is 5.60. The first-order chi connectivity index (χ1) is 28.2. The van der Waals surface area contributed by atoms with Gasteiger partial charge in [0.05, 0.1) is 28.5 Å². The van der Waals surface area contributed by atoms with E-state index in [4.69, 9.17) is 14.4 Å². The van der Waals surface area contributed by atoms with Crippen LogP contribution in [-0.4, -0.2) is 16.1 Å². The summed E-state index contributed by atoms with van der Waals surface area (Å²) in [7, 11) is 0. The van der Waals surface area contributed by atoms with E-state index in [0.717, 1.165) is 72.5 Å². The maximum Gasteiger partial charge on any atom is 0.159 e. The van der Waals surface area contributed by atoms with Gasteiger partial charge in [0.1, 0.15) is 5.58 Å². The smallest absolute Gasteiger partial charge is 0.159 e. The van der Waals surface area contributed by atoms with Crippen LogP contribution in [0.5, 0.6) is 0 Å². The molecule has 2 aromatic heterocycles. The topological polar surface area (TPSA) is 42.8 Å². The molecule has 4 nitrogen and oxygen atoms in total. The van der Waals surface area contributed by atoms with E-state index in [1.165, 1.54) is 27.5 Å². The maximum atomic E-state index is 6.84. The van der Waals surface area contributed by atoms with Gasteiger partial charge in [-0.3, -0.25) is 4.99 Å². The molecular weight excluding hydrogens is 695 g/mol. The lowest BCUT2D eigenvalue weighted by atomic mass is 9.86. The van der Waals surface area contributed by atoms with Crippen molar-refractivity contribution in [3.05, 3.63) is 211 Å². The van der Waals surface area contributed by atoms with E-state index in [1.807, 2.05) is 0 Å². The molecule has 0 spiro atoms. The predicted molar refractivity (Wildman–Crippen MR) is 237 cm³/mol. The quantitative estimate of drug-likeness (QED) is 0.168. The lowest BCUT2D eigenvalue weighted by Crippen LogP contribution is -2.26. The van der Waals surface area contributed by atoms with Crippen LogP contribution in [0.3, 0.4) is 0 Å². The number of nitrogens with zero attached hydrogens (tertiary/aromatic N) is 3. The first-order valence-corrected chi connectivity index (χ1v) is 19.6. The van der Waals surface area contributed by atoms with E-state index >= 15 is 0 Å². The van der Waals surface area contributed by atoms with Crippen LogP contribution in [0.1, 0.15) is 29.7 Å². The van der Waals surface area contributed by atoms with Crippen molar-refractivity contribution in [2.75, 3.05) is 0 Å². The summed E-state index contributed by atoms with van der Waals surface area (Å²) in [4.78, 5) is 10.4. The molecule has 0 aliphatic carbocycles. The average molecular weight is 732 g/mol. The molecule has 8 aromatic carbocycles. The van der Waals surface area contributed by atoms with E-state index in [-0.39, 0.29) is 12.0 Å². The Morgan fingerprint density at radius 1 is 0.456 bits per heavy atom. The molecule has 11 rings (SSSR count). The standard InChI is InChI=1S/C53H37N3O/c1-34-50(37-16-7-3-8-17-37)54-53(55-51(34)38-18-9-4-10-19-38)39-26-24-36(25-27-39)41-28-30-43-44-21-13-23-48(52(44)57-49(43)33-41)56-46-22-12-11-20-42(46)45-32-40(29-31-47(45)56)35-14-5-2-6-15-35/h2-34,50H,1H3. The van der Waals surface area contributed by atoms with Crippen molar-refractivity contribution in [3.63, 3.8) is 0 Å². The zero-order chi connectivity index (χ0) is 37.9. The van der Waals surface area contributed by atoms with Crippen LogP contribution in [0.4, 0.5) is 0 Å². The van der Waals surface area contributed by atoms with Crippen LogP contribution in [0.15, 0.2) is 209 Å². The lowest BCUT2D eigenvalue weighted by Gasteiger charge is -2.28. The second kappa shape index (κ2) is 13.5. The minimum Gasteiger partial charge on any atom is -0.454 e. The molecule has 2 atom stereocenters. The van der Waals surface area contributed by atoms with Crippen molar-refractivity contribution in [2.45, 2.75) is 13.0 Å². The van der Waals surface area contributed by atoms with Gasteiger partial charge in [0.15, 0.2) is 11.4 Å². The Morgan fingerprint density at radius 3 is 1.84 bits per heavy atom. The highest BCUT2D eigenvalue weighted by Gasteiger charge is 2.29. The summed E-state index contributed by atoms with van der Waals surface area (Å²) in [6.07, 6.45) is 0. The number of hydrogen-bond donors (Lipinski definition) is 0. The van der Waals surface area contributed by atoms with Crippen molar-refractivity contribution in [1.82, 2.24) is 4.57 Å². The number of aromatic nitrogens is 1. The summed E-state index contributed by atoms with van der Waals surface area (Å²) < 4.78 is 9.19. The van der Waals surface area contributed by atoms with Crippen LogP contribution in [0.25, 0.3) is 71.7 Å². The molecule has 0 fully saturated rings. The molecular formula is C53H37N3O. The Labute approximate surface area is 330 Å². The molecule has 1 aliphatic rings. The van der Waals surface area contributed by atoms with Gasteiger partial charge >= 0.3 is 0 Å². The fourth-order valence-electron chi connectivity index (χ4n) is 8.72. The summed E-state index contributed by atoms with van der Waals surface area (Å²) in [5.41, 5.74) is 14.1. The van der Waals surface area contributed by atoms with Crippen LogP contribution in [-0.2, 0) is 0 Å². The largest absolute Gasteiger partial charge is 0.454 e. The van der Waals surface area contributed by atoms with E-state index in [9.17, 15) is 0 Å². The molecule has 2 unspecified atom stereocenters. The Kier molecular flexibility index (Phi) is 7.82. The Morgan fingerprint density at radius 2 is 1.05 bits per heavy atom. The molecule has 0 saturated carbocycles. The minimum atomic E-state index is -0.0248. The number of rotatable bonds is 6. The lowest BCUT2D eigenvalue weighted by molar-refractivity contribution is 0.592. The van der Waals surface area contributed by atoms with E-state index in [1.54, 1.807) is 0 Å².